The summed E-state index contributed by atoms with van der Waals surface area (Å²) in [5.74, 6) is 0. The molecular formula is C58H37N3O2. The molecule has 0 saturated carbocycles. The Hall–Kier alpha value is -8.54. The molecule has 0 N–H and O–H groups in total. The predicted molar refractivity (Wildman–Crippen MR) is 262 cm³/mol. The molecule has 0 aliphatic rings. The largest absolute Gasteiger partial charge is 0.456 e. The molecule has 0 atom stereocenters. The summed E-state index contributed by atoms with van der Waals surface area (Å²) in [7, 11) is 0. The van der Waals surface area contributed by atoms with Gasteiger partial charge in [0.1, 0.15) is 22.3 Å². The topological polar surface area (TPSA) is 37.7 Å². The lowest BCUT2D eigenvalue weighted by Gasteiger charge is -2.30. The smallest absolute Gasteiger partial charge is 0.137 e. The quantitative estimate of drug-likeness (QED) is 0.161. The molecule has 3 aromatic heterocycles. The zero-order valence-electron chi connectivity index (χ0n) is 34.0. The number of furan rings is 2. The van der Waals surface area contributed by atoms with E-state index in [1.165, 1.54) is 10.8 Å². The fourth-order valence-corrected chi connectivity index (χ4v) is 9.69. The first-order valence-corrected chi connectivity index (χ1v) is 21.3. The number of aromatic nitrogens is 1. The van der Waals surface area contributed by atoms with Gasteiger partial charge in [0.05, 0.1) is 22.4 Å². The number of fused-ring (bicyclic) bond motifs is 10. The molecule has 3 heterocycles. The van der Waals surface area contributed by atoms with Gasteiger partial charge in [0.2, 0.25) is 0 Å². The molecule has 0 saturated heterocycles. The summed E-state index contributed by atoms with van der Waals surface area (Å²) in [6.45, 7) is 0. The van der Waals surface area contributed by atoms with Crippen molar-refractivity contribution in [1.82, 2.24) is 4.57 Å². The first-order chi connectivity index (χ1) is 31.2. The lowest BCUT2D eigenvalue weighted by atomic mass is 10.0. The molecule has 10 aromatic carbocycles. The van der Waals surface area contributed by atoms with Crippen LogP contribution in [0.5, 0.6) is 0 Å². The molecule has 0 aliphatic carbocycles. The number of hydrogen-bond donors (Lipinski definition) is 0. The van der Waals surface area contributed by atoms with Crippen LogP contribution in [0.1, 0.15) is 0 Å². The number of hydrogen-bond acceptors (Lipinski definition) is 4. The molecule has 0 fully saturated rings. The van der Waals surface area contributed by atoms with Crippen molar-refractivity contribution in [2.75, 3.05) is 9.80 Å². The molecule has 13 aromatic rings. The van der Waals surface area contributed by atoms with E-state index in [0.29, 0.717) is 0 Å². The highest BCUT2D eigenvalue weighted by atomic mass is 16.3. The zero-order valence-corrected chi connectivity index (χ0v) is 34.0. The summed E-state index contributed by atoms with van der Waals surface area (Å²) in [5.41, 5.74) is 12.7. The van der Waals surface area contributed by atoms with Crippen molar-refractivity contribution in [3.8, 4) is 5.69 Å². The second-order valence-electron chi connectivity index (χ2n) is 16.1. The number of anilines is 6. The van der Waals surface area contributed by atoms with Gasteiger partial charge >= 0.3 is 0 Å². The molecule has 0 bridgehead atoms. The minimum atomic E-state index is 0.824. The van der Waals surface area contributed by atoms with E-state index in [-0.39, 0.29) is 0 Å². The maximum atomic E-state index is 6.57. The number of nitrogens with zero attached hydrogens (tertiary/aromatic N) is 3. The average Bonchev–Trinajstić information content (AvgIpc) is 4.01. The van der Waals surface area contributed by atoms with Crippen LogP contribution in [0.2, 0.25) is 0 Å². The monoisotopic (exact) mass is 807 g/mol. The molecule has 0 radical (unpaired) electrons. The van der Waals surface area contributed by atoms with Gasteiger partial charge in [-0.3, -0.25) is 0 Å². The van der Waals surface area contributed by atoms with Crippen LogP contribution < -0.4 is 9.80 Å². The lowest BCUT2D eigenvalue weighted by Crippen LogP contribution is -2.14. The Balaban J connectivity index is 1.16. The van der Waals surface area contributed by atoms with E-state index in [1.807, 2.05) is 24.3 Å². The molecule has 296 valence electrons. The third-order valence-corrected chi connectivity index (χ3v) is 12.5. The summed E-state index contributed by atoms with van der Waals surface area (Å²) in [6, 6.07) is 79.9. The average molecular weight is 808 g/mol. The van der Waals surface area contributed by atoms with Gasteiger partial charge in [0.25, 0.3) is 0 Å². The third kappa shape index (κ3) is 5.64. The molecule has 0 amide bonds. The Labute approximate surface area is 362 Å². The molecular weight excluding hydrogens is 771 g/mol. The molecule has 5 heteroatoms. The van der Waals surface area contributed by atoms with Crippen LogP contribution in [-0.2, 0) is 0 Å². The van der Waals surface area contributed by atoms with Crippen molar-refractivity contribution in [2.45, 2.75) is 0 Å². The fraction of sp³-hybridized carbons (Fsp3) is 0. The highest BCUT2D eigenvalue weighted by Crippen LogP contribution is 2.49. The second kappa shape index (κ2) is 14.0. The molecule has 63 heavy (non-hydrogen) atoms. The van der Waals surface area contributed by atoms with Gasteiger partial charge in [0, 0.05) is 72.9 Å². The second-order valence-corrected chi connectivity index (χ2v) is 16.1. The van der Waals surface area contributed by atoms with E-state index in [4.69, 9.17) is 8.83 Å². The van der Waals surface area contributed by atoms with Crippen LogP contribution in [0, 0.1) is 0 Å². The molecule has 0 spiro atoms. The highest BCUT2D eigenvalue weighted by molar-refractivity contribution is 6.18. The predicted octanol–water partition coefficient (Wildman–Crippen LogP) is 16.7. The fourth-order valence-electron chi connectivity index (χ4n) is 9.69. The minimum Gasteiger partial charge on any atom is -0.456 e. The van der Waals surface area contributed by atoms with E-state index in [0.717, 1.165) is 105 Å². The van der Waals surface area contributed by atoms with Crippen molar-refractivity contribution in [3.05, 3.63) is 224 Å². The van der Waals surface area contributed by atoms with Gasteiger partial charge in [-0.15, -0.1) is 0 Å². The van der Waals surface area contributed by atoms with Crippen molar-refractivity contribution >= 4 is 111 Å². The first-order valence-electron chi connectivity index (χ1n) is 21.3. The standard InChI is InChI=1S/C58H37N3O2/c1-3-17-40(18-4-1)60(41-19-5-2-6-20-41)52-34-45(35-53-58(52)50-23-9-12-24-51(50)61(53)42-28-27-38-15-7-8-16-39(38)33-42)59(43-29-31-48-46-21-10-13-25-54(46)62-56(48)36-43)44-30-32-49-47-22-11-14-26-55(47)63-57(49)37-44/h1-37H. The van der Waals surface area contributed by atoms with Gasteiger partial charge in [0.15, 0.2) is 0 Å². The zero-order chi connectivity index (χ0) is 41.4. The van der Waals surface area contributed by atoms with E-state index in [1.54, 1.807) is 0 Å². The number of benzene rings is 10. The van der Waals surface area contributed by atoms with Gasteiger partial charge in [-0.2, -0.15) is 0 Å². The number of para-hydroxylation sites is 5. The normalized spacial score (nSPS) is 11.8. The molecule has 0 aliphatic heterocycles. The first kappa shape index (κ1) is 35.2. The summed E-state index contributed by atoms with van der Waals surface area (Å²) in [4.78, 5) is 4.74. The maximum Gasteiger partial charge on any atom is 0.137 e. The summed E-state index contributed by atoms with van der Waals surface area (Å²) >= 11 is 0. The van der Waals surface area contributed by atoms with Crippen molar-refractivity contribution in [2.24, 2.45) is 0 Å². The van der Waals surface area contributed by atoms with Crippen LogP contribution in [0.25, 0.3) is 82.1 Å². The highest BCUT2D eigenvalue weighted by Gasteiger charge is 2.26. The van der Waals surface area contributed by atoms with Gasteiger partial charge in [-0.05, 0) is 102 Å². The van der Waals surface area contributed by atoms with Gasteiger partial charge < -0.3 is 23.2 Å². The van der Waals surface area contributed by atoms with Gasteiger partial charge in [-0.25, -0.2) is 0 Å². The van der Waals surface area contributed by atoms with E-state index in [9.17, 15) is 0 Å². The summed E-state index contributed by atoms with van der Waals surface area (Å²) in [6.07, 6.45) is 0. The van der Waals surface area contributed by atoms with Crippen molar-refractivity contribution in [1.29, 1.82) is 0 Å². The van der Waals surface area contributed by atoms with E-state index < -0.39 is 0 Å². The van der Waals surface area contributed by atoms with Crippen LogP contribution in [-0.4, -0.2) is 4.57 Å². The Bertz CT molecular complexity index is 3730. The van der Waals surface area contributed by atoms with E-state index >= 15 is 0 Å². The third-order valence-electron chi connectivity index (χ3n) is 12.5. The summed E-state index contributed by atoms with van der Waals surface area (Å²) in [5, 5.41) is 9.05. The SMILES string of the molecule is c1ccc(N(c2ccccc2)c2cc(N(c3ccc4c(c3)oc3ccccc34)c3ccc4c(c3)oc3ccccc34)cc3c2c2ccccc2n3-c2ccc3ccccc3c2)cc1. The Morgan fingerprint density at radius 2 is 0.825 bits per heavy atom. The van der Waals surface area contributed by atoms with Crippen LogP contribution in [0.15, 0.2) is 233 Å². The van der Waals surface area contributed by atoms with Crippen LogP contribution in [0.4, 0.5) is 34.1 Å². The van der Waals surface area contributed by atoms with Gasteiger partial charge in [-0.1, -0.05) is 121 Å². The molecule has 13 rings (SSSR count). The molecule has 0 unspecified atom stereocenters. The van der Waals surface area contributed by atoms with Crippen LogP contribution in [0.3, 0.4) is 0 Å². The lowest BCUT2D eigenvalue weighted by molar-refractivity contribution is 0.669. The maximum absolute atomic E-state index is 6.57. The van der Waals surface area contributed by atoms with Crippen molar-refractivity contribution < 1.29 is 8.83 Å². The Morgan fingerprint density at radius 1 is 0.302 bits per heavy atom. The Morgan fingerprint density at radius 3 is 1.46 bits per heavy atom. The minimum absolute atomic E-state index is 0.824. The van der Waals surface area contributed by atoms with Crippen molar-refractivity contribution in [3.63, 3.8) is 0 Å². The van der Waals surface area contributed by atoms with Crippen LogP contribution >= 0.6 is 0 Å². The molecule has 5 nitrogen and oxygen atoms in total. The Kier molecular flexibility index (Phi) is 7.84. The number of rotatable bonds is 7. The summed E-state index contributed by atoms with van der Waals surface area (Å²) < 4.78 is 15.6. The van der Waals surface area contributed by atoms with E-state index in [2.05, 4.69) is 215 Å².